The number of para-hydroxylation sites is 1. The smallest absolute Gasteiger partial charge is 0.328 e. The summed E-state index contributed by atoms with van der Waals surface area (Å²) in [5, 5.41) is 3.89. The summed E-state index contributed by atoms with van der Waals surface area (Å²) in [4.78, 5) is 26.6. The first-order valence-electron chi connectivity index (χ1n) is 9.63. The Morgan fingerprint density at radius 2 is 2.00 bits per heavy atom. The number of piperidine rings is 1. The summed E-state index contributed by atoms with van der Waals surface area (Å²) in [6.07, 6.45) is 2.34. The predicted molar refractivity (Wildman–Crippen MR) is 102 cm³/mol. The van der Waals surface area contributed by atoms with E-state index >= 15 is 0 Å². The molecule has 0 aliphatic carbocycles. The quantitative estimate of drug-likeness (QED) is 0.708. The van der Waals surface area contributed by atoms with E-state index in [1.54, 1.807) is 13.0 Å². The zero-order chi connectivity index (χ0) is 20.1. The second kappa shape index (κ2) is 8.91. The Labute approximate surface area is 164 Å². The van der Waals surface area contributed by atoms with Crippen LogP contribution in [0.2, 0.25) is 0 Å². The highest BCUT2D eigenvalue weighted by molar-refractivity contribution is 5.95. The number of rotatable bonds is 6. The van der Waals surface area contributed by atoms with Crippen LogP contribution in [0.1, 0.15) is 53.6 Å². The minimum Gasteiger partial charge on any atom is -0.485 e. The van der Waals surface area contributed by atoms with Gasteiger partial charge in [0, 0.05) is 12.6 Å². The molecule has 0 spiro atoms. The van der Waals surface area contributed by atoms with Gasteiger partial charge < -0.3 is 18.9 Å². The van der Waals surface area contributed by atoms with Gasteiger partial charge in [-0.1, -0.05) is 23.4 Å². The molecule has 3 rings (SSSR count). The number of ether oxygens (including phenoxy) is 2. The Morgan fingerprint density at radius 1 is 1.25 bits per heavy atom. The van der Waals surface area contributed by atoms with Crippen LogP contribution in [0.3, 0.4) is 0 Å². The summed E-state index contributed by atoms with van der Waals surface area (Å²) in [5.74, 6) is 0.568. The van der Waals surface area contributed by atoms with Crippen LogP contribution < -0.4 is 4.74 Å². The average molecular weight is 386 g/mol. The number of nitrogens with zero attached hydrogens (tertiary/aromatic N) is 2. The third-order valence-corrected chi connectivity index (χ3v) is 4.87. The van der Waals surface area contributed by atoms with Crippen LogP contribution >= 0.6 is 0 Å². The van der Waals surface area contributed by atoms with Gasteiger partial charge in [-0.2, -0.15) is 0 Å². The average Bonchev–Trinajstić information content (AvgIpc) is 3.16. The Hall–Kier alpha value is -2.83. The van der Waals surface area contributed by atoms with Crippen molar-refractivity contribution in [3.05, 3.63) is 46.8 Å². The zero-order valence-electron chi connectivity index (χ0n) is 16.6. The van der Waals surface area contributed by atoms with Gasteiger partial charge in [0.15, 0.2) is 11.5 Å². The third kappa shape index (κ3) is 4.35. The second-order valence-electron chi connectivity index (χ2n) is 6.95. The van der Waals surface area contributed by atoms with Crippen molar-refractivity contribution in [3.63, 3.8) is 0 Å². The van der Waals surface area contributed by atoms with Gasteiger partial charge in [-0.25, -0.2) is 4.79 Å². The molecule has 0 N–H and O–H groups in total. The monoisotopic (exact) mass is 386 g/mol. The van der Waals surface area contributed by atoms with E-state index in [4.69, 9.17) is 14.0 Å². The van der Waals surface area contributed by atoms with E-state index in [1.165, 1.54) is 4.90 Å². The number of amides is 1. The number of esters is 1. The van der Waals surface area contributed by atoms with Gasteiger partial charge in [-0.15, -0.1) is 0 Å². The molecule has 1 aromatic carbocycles. The van der Waals surface area contributed by atoms with Gasteiger partial charge in [0.2, 0.25) is 0 Å². The molecule has 1 atom stereocenters. The van der Waals surface area contributed by atoms with Crippen molar-refractivity contribution >= 4 is 11.9 Å². The van der Waals surface area contributed by atoms with Crippen molar-refractivity contribution in [1.82, 2.24) is 10.1 Å². The SMILES string of the molecule is CCOC(=O)[C@@H]1CCCCN1C(=O)c1cc(COc2c(C)cccc2C)on1. The van der Waals surface area contributed by atoms with Crippen LogP contribution in [0.15, 0.2) is 28.8 Å². The fourth-order valence-corrected chi connectivity index (χ4v) is 3.46. The zero-order valence-corrected chi connectivity index (χ0v) is 16.6. The maximum atomic E-state index is 12.9. The minimum atomic E-state index is -0.563. The van der Waals surface area contributed by atoms with Crippen LogP contribution in [-0.4, -0.2) is 41.1 Å². The minimum absolute atomic E-state index is 0.174. The molecule has 2 aromatic rings. The van der Waals surface area contributed by atoms with Crippen molar-refractivity contribution in [2.75, 3.05) is 13.2 Å². The van der Waals surface area contributed by atoms with Crippen LogP contribution in [0.4, 0.5) is 0 Å². The van der Waals surface area contributed by atoms with E-state index in [9.17, 15) is 9.59 Å². The summed E-state index contributed by atoms with van der Waals surface area (Å²) in [7, 11) is 0. The van der Waals surface area contributed by atoms with Crippen molar-refractivity contribution in [3.8, 4) is 5.75 Å². The lowest BCUT2D eigenvalue weighted by Crippen LogP contribution is -2.48. The molecule has 1 saturated heterocycles. The van der Waals surface area contributed by atoms with E-state index in [-0.39, 0.29) is 24.2 Å². The third-order valence-electron chi connectivity index (χ3n) is 4.87. The van der Waals surface area contributed by atoms with Crippen molar-refractivity contribution < 1.29 is 23.6 Å². The summed E-state index contributed by atoms with van der Waals surface area (Å²) in [6, 6.07) is 6.94. The number of hydrogen-bond donors (Lipinski definition) is 0. The molecule has 2 heterocycles. The van der Waals surface area contributed by atoms with Gasteiger partial charge in [-0.05, 0) is 51.2 Å². The first-order valence-corrected chi connectivity index (χ1v) is 9.63. The molecule has 0 bridgehead atoms. The van der Waals surface area contributed by atoms with Crippen LogP contribution in [0.5, 0.6) is 5.75 Å². The molecule has 1 aliphatic heterocycles. The fourth-order valence-electron chi connectivity index (χ4n) is 3.46. The number of aromatic nitrogens is 1. The Morgan fingerprint density at radius 3 is 2.71 bits per heavy atom. The topological polar surface area (TPSA) is 81.9 Å². The van der Waals surface area contributed by atoms with E-state index in [2.05, 4.69) is 5.16 Å². The number of likely N-dealkylation sites (tertiary alicyclic amines) is 1. The molecular formula is C21H26N2O5. The standard InChI is InChI=1S/C21H26N2O5/c1-4-26-21(25)18-10-5-6-11-23(18)20(24)17-12-16(28-22-17)13-27-19-14(2)8-7-9-15(19)3/h7-9,12,18H,4-6,10-11,13H2,1-3H3/t18-/m0/s1. The number of carbonyl (C=O) groups excluding carboxylic acids is 2. The maximum Gasteiger partial charge on any atom is 0.328 e. The van der Waals surface area contributed by atoms with Crippen molar-refractivity contribution in [1.29, 1.82) is 0 Å². The highest BCUT2D eigenvalue weighted by Gasteiger charge is 2.34. The fraction of sp³-hybridized carbons (Fsp3) is 0.476. The van der Waals surface area contributed by atoms with E-state index in [0.717, 1.165) is 29.7 Å². The lowest BCUT2D eigenvalue weighted by Gasteiger charge is -2.33. The van der Waals surface area contributed by atoms with E-state index in [0.29, 0.717) is 25.3 Å². The van der Waals surface area contributed by atoms with Crippen LogP contribution in [0, 0.1) is 13.8 Å². The lowest BCUT2D eigenvalue weighted by atomic mass is 10.0. The highest BCUT2D eigenvalue weighted by atomic mass is 16.5. The number of hydrogen-bond acceptors (Lipinski definition) is 6. The molecule has 1 aliphatic rings. The first kappa shape index (κ1) is 19.9. The van der Waals surface area contributed by atoms with Crippen molar-refractivity contribution in [2.24, 2.45) is 0 Å². The Balaban J connectivity index is 1.68. The summed E-state index contributed by atoms with van der Waals surface area (Å²) < 4.78 is 16.2. The van der Waals surface area contributed by atoms with Crippen molar-refractivity contribution in [2.45, 2.75) is 52.7 Å². The molecule has 150 valence electrons. The van der Waals surface area contributed by atoms with Gasteiger partial charge in [0.1, 0.15) is 18.4 Å². The van der Waals surface area contributed by atoms with Gasteiger partial charge in [-0.3, -0.25) is 4.79 Å². The number of benzene rings is 1. The van der Waals surface area contributed by atoms with Gasteiger partial charge in [0.25, 0.3) is 5.91 Å². The summed E-state index contributed by atoms with van der Waals surface area (Å²) >= 11 is 0. The molecule has 1 fully saturated rings. The first-order chi connectivity index (χ1) is 13.5. The molecule has 7 nitrogen and oxygen atoms in total. The molecule has 0 saturated carbocycles. The molecule has 0 radical (unpaired) electrons. The lowest BCUT2D eigenvalue weighted by molar-refractivity contribution is -0.149. The molecule has 0 unspecified atom stereocenters. The summed E-state index contributed by atoms with van der Waals surface area (Å²) in [5.41, 5.74) is 2.24. The normalized spacial score (nSPS) is 16.7. The molecular weight excluding hydrogens is 360 g/mol. The Kier molecular flexibility index (Phi) is 6.34. The van der Waals surface area contributed by atoms with Gasteiger partial charge in [0.05, 0.1) is 6.61 Å². The van der Waals surface area contributed by atoms with Crippen LogP contribution in [-0.2, 0) is 16.1 Å². The molecule has 1 aromatic heterocycles. The largest absolute Gasteiger partial charge is 0.485 e. The number of carbonyl (C=O) groups is 2. The maximum absolute atomic E-state index is 12.9. The van der Waals surface area contributed by atoms with E-state index < -0.39 is 6.04 Å². The predicted octanol–water partition coefficient (Wildman–Crippen LogP) is 3.43. The summed E-state index contributed by atoms with van der Waals surface area (Å²) in [6.45, 7) is 6.68. The number of aryl methyl sites for hydroxylation is 2. The second-order valence-corrected chi connectivity index (χ2v) is 6.95. The van der Waals surface area contributed by atoms with E-state index in [1.807, 2.05) is 32.0 Å². The van der Waals surface area contributed by atoms with Gasteiger partial charge >= 0.3 is 5.97 Å². The molecule has 7 heteroatoms. The Bertz CT molecular complexity index is 825. The molecule has 28 heavy (non-hydrogen) atoms. The van der Waals surface area contributed by atoms with Crippen LogP contribution in [0.25, 0.3) is 0 Å². The highest BCUT2D eigenvalue weighted by Crippen LogP contribution is 2.24. The molecule has 1 amide bonds.